The highest BCUT2D eigenvalue weighted by Gasteiger charge is 2.12. The van der Waals surface area contributed by atoms with E-state index in [9.17, 15) is 0 Å². The molecule has 0 atom stereocenters. The Morgan fingerprint density at radius 3 is 3.15 bits per heavy atom. The molecule has 0 unspecified atom stereocenters. The zero-order valence-corrected chi connectivity index (χ0v) is 8.28. The summed E-state index contributed by atoms with van der Waals surface area (Å²) in [5.74, 6) is 1.00. The second kappa shape index (κ2) is 3.34. The fourth-order valence-electron chi connectivity index (χ4n) is 1.47. The van der Waals surface area contributed by atoms with Crippen LogP contribution in [0, 0.1) is 0 Å². The molecule has 0 saturated carbocycles. The van der Waals surface area contributed by atoms with Crippen molar-refractivity contribution >= 4 is 17.2 Å². The molecule has 3 heteroatoms. The van der Waals surface area contributed by atoms with Crippen molar-refractivity contribution in [3.05, 3.63) is 29.3 Å². The molecule has 1 aliphatic heterocycles. The lowest BCUT2D eigenvalue weighted by molar-refractivity contribution is 0.357. The van der Waals surface area contributed by atoms with Crippen LogP contribution in [0.15, 0.2) is 18.2 Å². The van der Waals surface area contributed by atoms with Gasteiger partial charge in [-0.25, -0.2) is 0 Å². The number of nitrogens with one attached hydrogen (secondary N) is 1. The van der Waals surface area contributed by atoms with Crippen molar-refractivity contribution in [1.29, 1.82) is 0 Å². The lowest BCUT2D eigenvalue weighted by atomic mass is 10.1. The summed E-state index contributed by atoms with van der Waals surface area (Å²) in [6.07, 6.45) is 0.996. The van der Waals surface area contributed by atoms with Crippen LogP contribution in [0.4, 0.5) is 0 Å². The van der Waals surface area contributed by atoms with E-state index < -0.39 is 0 Å². The number of fused-ring (bicyclic) bond motifs is 1. The Balaban J connectivity index is 2.36. The molecule has 1 heterocycles. The lowest BCUT2D eigenvalue weighted by Crippen LogP contribution is -2.16. The van der Waals surface area contributed by atoms with Crippen molar-refractivity contribution in [3.63, 3.8) is 0 Å². The molecule has 0 radical (unpaired) electrons. The maximum absolute atomic E-state index is 5.40. The number of thiocarbonyl (C=S) groups is 1. The topological polar surface area (TPSA) is 21.3 Å². The third-order valence-corrected chi connectivity index (χ3v) is 2.62. The minimum Gasteiger partial charge on any atom is -0.493 e. The van der Waals surface area contributed by atoms with Crippen LogP contribution in [0.5, 0.6) is 5.75 Å². The minimum atomic E-state index is 0.787. The molecule has 13 heavy (non-hydrogen) atoms. The summed E-state index contributed by atoms with van der Waals surface area (Å²) in [4.78, 5) is 0.787. The van der Waals surface area contributed by atoms with Crippen molar-refractivity contribution in [2.45, 2.75) is 6.42 Å². The van der Waals surface area contributed by atoms with Gasteiger partial charge in [-0.2, -0.15) is 0 Å². The summed E-state index contributed by atoms with van der Waals surface area (Å²) in [6.45, 7) is 0.797. The van der Waals surface area contributed by atoms with Gasteiger partial charge in [0.15, 0.2) is 0 Å². The molecule has 2 nitrogen and oxygen atoms in total. The Bertz CT molecular complexity index is 349. The van der Waals surface area contributed by atoms with Gasteiger partial charge in [0.2, 0.25) is 0 Å². The van der Waals surface area contributed by atoms with E-state index in [1.807, 2.05) is 19.2 Å². The van der Waals surface area contributed by atoms with Gasteiger partial charge in [0.1, 0.15) is 10.7 Å². The summed E-state index contributed by atoms with van der Waals surface area (Å²) >= 11 is 5.14. The predicted octanol–water partition coefficient (Wildman–Crippen LogP) is 1.52. The second-order valence-electron chi connectivity index (χ2n) is 3.00. The molecule has 0 aromatic heterocycles. The van der Waals surface area contributed by atoms with E-state index in [0.29, 0.717) is 0 Å². The molecule has 0 saturated heterocycles. The fraction of sp³-hybridized carbons (Fsp3) is 0.300. The van der Waals surface area contributed by atoms with Crippen molar-refractivity contribution in [2.75, 3.05) is 13.7 Å². The largest absolute Gasteiger partial charge is 0.493 e. The Kier molecular flexibility index (Phi) is 2.19. The van der Waals surface area contributed by atoms with Gasteiger partial charge >= 0.3 is 0 Å². The molecule has 0 amide bonds. The molecule has 1 aliphatic rings. The first-order valence-corrected chi connectivity index (χ1v) is 4.70. The molecule has 0 fully saturated rings. The quantitative estimate of drug-likeness (QED) is 0.683. The number of rotatable bonds is 1. The van der Waals surface area contributed by atoms with E-state index in [2.05, 4.69) is 11.4 Å². The highest BCUT2D eigenvalue weighted by molar-refractivity contribution is 7.80. The molecular weight excluding hydrogens is 182 g/mol. The first kappa shape index (κ1) is 8.51. The van der Waals surface area contributed by atoms with Crippen molar-refractivity contribution in [3.8, 4) is 5.75 Å². The summed E-state index contributed by atoms with van der Waals surface area (Å²) < 4.78 is 5.40. The number of hydrogen-bond acceptors (Lipinski definition) is 2. The smallest absolute Gasteiger partial charge is 0.122 e. The molecular formula is C10H11NOS. The average molecular weight is 193 g/mol. The summed E-state index contributed by atoms with van der Waals surface area (Å²) in [5, 5.41) is 2.96. The lowest BCUT2D eigenvalue weighted by Gasteiger charge is -2.04. The Morgan fingerprint density at radius 2 is 2.38 bits per heavy atom. The predicted molar refractivity (Wildman–Crippen MR) is 56.4 cm³/mol. The third-order valence-electron chi connectivity index (χ3n) is 2.18. The second-order valence-corrected chi connectivity index (χ2v) is 3.41. The Hall–Kier alpha value is -1.09. The van der Waals surface area contributed by atoms with Crippen LogP contribution in [0.1, 0.15) is 11.1 Å². The molecule has 68 valence electrons. The summed E-state index contributed by atoms with van der Waals surface area (Å²) in [7, 11) is 1.84. The highest BCUT2D eigenvalue weighted by Crippen LogP contribution is 2.25. The van der Waals surface area contributed by atoms with Crippen LogP contribution in [0.2, 0.25) is 0 Å². The van der Waals surface area contributed by atoms with E-state index in [4.69, 9.17) is 17.0 Å². The molecule has 1 N–H and O–H groups in total. The van der Waals surface area contributed by atoms with Gasteiger partial charge in [-0.15, -0.1) is 0 Å². The minimum absolute atomic E-state index is 0.787. The molecule has 2 rings (SSSR count). The van der Waals surface area contributed by atoms with Gasteiger partial charge in [-0.1, -0.05) is 12.2 Å². The van der Waals surface area contributed by atoms with Gasteiger partial charge in [0.05, 0.1) is 6.61 Å². The molecule has 0 spiro atoms. The number of benzene rings is 1. The zero-order valence-electron chi connectivity index (χ0n) is 7.46. The standard InChI is InChI=1S/C10H11NOS/c1-11-10(13)8-2-3-9-7(6-8)4-5-12-9/h2-3,6H,4-5H2,1H3,(H,11,13). The van der Waals surface area contributed by atoms with E-state index in [1.54, 1.807) is 0 Å². The van der Waals surface area contributed by atoms with Gasteiger partial charge < -0.3 is 10.1 Å². The average Bonchev–Trinajstić information content (AvgIpc) is 2.63. The van der Waals surface area contributed by atoms with Crippen LogP contribution in [0.3, 0.4) is 0 Å². The zero-order chi connectivity index (χ0) is 9.26. The monoisotopic (exact) mass is 193 g/mol. The first-order chi connectivity index (χ1) is 6.31. The van der Waals surface area contributed by atoms with Crippen molar-refractivity contribution in [2.24, 2.45) is 0 Å². The van der Waals surface area contributed by atoms with Crippen LogP contribution < -0.4 is 10.1 Å². The summed E-state index contributed by atoms with van der Waals surface area (Å²) in [5.41, 5.74) is 2.33. The normalized spacial score (nSPS) is 13.3. The van der Waals surface area contributed by atoms with Crippen molar-refractivity contribution in [1.82, 2.24) is 5.32 Å². The van der Waals surface area contributed by atoms with E-state index >= 15 is 0 Å². The molecule has 1 aromatic rings. The van der Waals surface area contributed by atoms with E-state index in [1.165, 1.54) is 5.56 Å². The van der Waals surface area contributed by atoms with Gasteiger partial charge in [-0.3, -0.25) is 0 Å². The number of ether oxygens (including phenoxy) is 1. The number of hydrogen-bond donors (Lipinski definition) is 1. The fourth-order valence-corrected chi connectivity index (χ4v) is 1.60. The maximum Gasteiger partial charge on any atom is 0.122 e. The SMILES string of the molecule is CNC(=S)c1ccc2c(c1)CCO2. The third kappa shape index (κ3) is 1.52. The molecule has 0 bridgehead atoms. The Labute approximate surface area is 82.9 Å². The van der Waals surface area contributed by atoms with Gasteiger partial charge in [0, 0.05) is 19.0 Å². The highest BCUT2D eigenvalue weighted by atomic mass is 32.1. The van der Waals surface area contributed by atoms with Gasteiger partial charge in [0.25, 0.3) is 0 Å². The van der Waals surface area contributed by atoms with E-state index in [-0.39, 0.29) is 0 Å². The van der Waals surface area contributed by atoms with Crippen LogP contribution in [-0.2, 0) is 6.42 Å². The van der Waals surface area contributed by atoms with E-state index in [0.717, 1.165) is 29.3 Å². The first-order valence-electron chi connectivity index (χ1n) is 4.29. The summed E-state index contributed by atoms with van der Waals surface area (Å²) in [6, 6.07) is 6.07. The van der Waals surface area contributed by atoms with Crippen LogP contribution >= 0.6 is 12.2 Å². The maximum atomic E-state index is 5.40. The molecule has 1 aromatic carbocycles. The van der Waals surface area contributed by atoms with Gasteiger partial charge in [-0.05, 0) is 23.8 Å². The van der Waals surface area contributed by atoms with Crippen LogP contribution in [0.25, 0.3) is 0 Å². The van der Waals surface area contributed by atoms with Crippen molar-refractivity contribution < 1.29 is 4.74 Å². The van der Waals surface area contributed by atoms with Crippen LogP contribution in [-0.4, -0.2) is 18.6 Å². The molecule has 0 aliphatic carbocycles. The Morgan fingerprint density at radius 1 is 1.54 bits per heavy atom.